The Morgan fingerprint density at radius 3 is 1.02 bits per heavy atom. The van der Waals surface area contributed by atoms with Gasteiger partial charge in [0.1, 0.15) is 34.5 Å². The van der Waals surface area contributed by atoms with E-state index in [0.717, 1.165) is 37.2 Å². The predicted molar refractivity (Wildman–Crippen MR) is 241 cm³/mol. The minimum Gasteiger partial charge on any atom is -0.497 e. The molecular formula is C48H66O9Si2. The van der Waals surface area contributed by atoms with Gasteiger partial charge in [-0.3, -0.25) is 0 Å². The third-order valence-corrected chi connectivity index (χ3v) is 17.7. The standard InChI is InChI=1S/C48H66O9Si2/c1-51-41-27-31-45(32-28-41)55-47(49)39-19-23-43(24-20-39)53-35-15-11-7-9-13-17-37-58(3,4)57-59(5,6)38-18-14-10-8-12-16-36-54-44-25-21-40(22-26-44)48(50)56-46-33-29-42(52-2)30-34-46/h19-34H,7-18,35-38H2,1-6H3. The number of benzene rings is 4. The van der Waals surface area contributed by atoms with Gasteiger partial charge in [0.15, 0.2) is 16.6 Å². The largest absolute Gasteiger partial charge is 0.497 e. The monoisotopic (exact) mass is 842 g/mol. The van der Waals surface area contributed by atoms with Crippen LogP contribution in [0.25, 0.3) is 0 Å². The maximum Gasteiger partial charge on any atom is 0.343 e. The fourth-order valence-electron chi connectivity index (χ4n) is 6.94. The lowest BCUT2D eigenvalue weighted by atomic mass is 10.1. The van der Waals surface area contributed by atoms with Crippen molar-refractivity contribution in [3.63, 3.8) is 0 Å². The second kappa shape index (κ2) is 25.1. The zero-order valence-corrected chi connectivity index (χ0v) is 38.2. The number of carbonyl (C=O) groups is 2. The first-order valence-corrected chi connectivity index (χ1v) is 27.6. The molecule has 9 nitrogen and oxygen atoms in total. The van der Waals surface area contributed by atoms with Crippen molar-refractivity contribution in [2.75, 3.05) is 27.4 Å². The summed E-state index contributed by atoms with van der Waals surface area (Å²) in [7, 11) is -0.148. The Morgan fingerprint density at radius 1 is 0.390 bits per heavy atom. The van der Waals surface area contributed by atoms with E-state index in [1.807, 2.05) is 24.3 Å². The molecule has 0 aliphatic heterocycles. The maximum atomic E-state index is 12.5. The van der Waals surface area contributed by atoms with Crippen molar-refractivity contribution in [2.45, 2.75) is 115 Å². The number of hydrogen-bond acceptors (Lipinski definition) is 9. The van der Waals surface area contributed by atoms with Crippen LogP contribution in [-0.4, -0.2) is 56.0 Å². The van der Waals surface area contributed by atoms with Crippen LogP contribution in [0, 0.1) is 0 Å². The summed E-state index contributed by atoms with van der Waals surface area (Å²) in [5, 5.41) is 0. The summed E-state index contributed by atoms with van der Waals surface area (Å²) in [6.45, 7) is 11.0. The second-order valence-corrected chi connectivity index (χ2v) is 25.1. The van der Waals surface area contributed by atoms with Gasteiger partial charge in [-0.05, 0) is 148 Å². The molecule has 0 amide bonds. The zero-order valence-electron chi connectivity index (χ0n) is 36.2. The van der Waals surface area contributed by atoms with E-state index < -0.39 is 28.6 Å². The third kappa shape index (κ3) is 18.5. The summed E-state index contributed by atoms with van der Waals surface area (Å²) in [6, 6.07) is 30.6. The molecule has 4 aromatic carbocycles. The molecule has 0 N–H and O–H groups in total. The van der Waals surface area contributed by atoms with E-state index in [-0.39, 0.29) is 0 Å². The van der Waals surface area contributed by atoms with Gasteiger partial charge in [-0.2, -0.15) is 0 Å². The van der Waals surface area contributed by atoms with Crippen LogP contribution in [0.4, 0.5) is 0 Å². The summed E-state index contributed by atoms with van der Waals surface area (Å²) < 4.78 is 39.9. The van der Waals surface area contributed by atoms with E-state index in [0.29, 0.717) is 47.3 Å². The van der Waals surface area contributed by atoms with E-state index in [9.17, 15) is 9.59 Å². The molecule has 0 aromatic heterocycles. The van der Waals surface area contributed by atoms with E-state index in [1.54, 1.807) is 87.0 Å². The highest BCUT2D eigenvalue weighted by Gasteiger charge is 2.32. The highest BCUT2D eigenvalue weighted by atomic mass is 28.4. The molecule has 0 radical (unpaired) electrons. The molecule has 0 atom stereocenters. The molecular weight excluding hydrogens is 777 g/mol. The van der Waals surface area contributed by atoms with Crippen molar-refractivity contribution in [1.29, 1.82) is 0 Å². The van der Waals surface area contributed by atoms with Crippen molar-refractivity contribution in [3.8, 4) is 34.5 Å². The van der Waals surface area contributed by atoms with Crippen molar-refractivity contribution in [3.05, 3.63) is 108 Å². The van der Waals surface area contributed by atoms with Crippen LogP contribution in [-0.2, 0) is 4.12 Å². The highest BCUT2D eigenvalue weighted by Crippen LogP contribution is 2.27. The Morgan fingerprint density at radius 2 is 0.678 bits per heavy atom. The molecule has 4 aromatic rings. The first kappa shape index (κ1) is 47.1. The molecule has 0 saturated heterocycles. The quantitative estimate of drug-likeness (QED) is 0.0239. The number of esters is 2. The van der Waals surface area contributed by atoms with Crippen LogP contribution in [0.2, 0.25) is 38.3 Å². The van der Waals surface area contributed by atoms with Gasteiger partial charge in [0.2, 0.25) is 0 Å². The molecule has 0 bridgehead atoms. The third-order valence-electron chi connectivity index (χ3n) is 10.2. The van der Waals surface area contributed by atoms with Crippen molar-refractivity contribution in [2.24, 2.45) is 0 Å². The Kier molecular flexibility index (Phi) is 20.1. The SMILES string of the molecule is COc1ccc(OC(=O)c2ccc(OCCCCCCCC[Si](C)(C)O[Si](C)(C)CCCCCCCCOc3ccc(C(=O)Oc4ccc(OC)cc4)cc3)cc2)cc1. The van der Waals surface area contributed by atoms with E-state index in [4.69, 9.17) is 32.5 Å². The molecule has 0 fully saturated rings. The number of carbonyl (C=O) groups excluding carboxylic acids is 2. The second-order valence-electron chi connectivity index (χ2n) is 16.2. The molecule has 59 heavy (non-hydrogen) atoms. The minimum absolute atomic E-state index is 0.404. The van der Waals surface area contributed by atoms with Gasteiger partial charge in [0.25, 0.3) is 0 Å². The summed E-state index contributed by atoms with van der Waals surface area (Å²) in [4.78, 5) is 24.9. The normalized spacial score (nSPS) is 11.5. The average Bonchev–Trinajstić information content (AvgIpc) is 3.23. The number of unbranched alkanes of at least 4 members (excludes halogenated alkanes) is 10. The fraction of sp³-hybridized carbons (Fsp3) is 0.458. The number of ether oxygens (including phenoxy) is 6. The van der Waals surface area contributed by atoms with E-state index in [2.05, 4.69) is 26.2 Å². The van der Waals surface area contributed by atoms with Crippen LogP contribution in [0.5, 0.6) is 34.5 Å². The molecule has 4 rings (SSSR count). The van der Waals surface area contributed by atoms with Gasteiger partial charge < -0.3 is 32.5 Å². The first-order chi connectivity index (χ1) is 28.4. The minimum atomic E-state index is -1.67. The maximum absolute atomic E-state index is 12.5. The van der Waals surface area contributed by atoms with Crippen molar-refractivity contribution >= 4 is 28.6 Å². The molecule has 0 aliphatic rings. The number of rotatable bonds is 28. The predicted octanol–water partition coefficient (Wildman–Crippen LogP) is 12.7. The van der Waals surface area contributed by atoms with Crippen LogP contribution in [0.15, 0.2) is 97.1 Å². The van der Waals surface area contributed by atoms with Crippen molar-refractivity contribution < 1.29 is 42.1 Å². The lowest BCUT2D eigenvalue weighted by molar-refractivity contribution is 0.0725. The smallest absolute Gasteiger partial charge is 0.343 e. The van der Waals surface area contributed by atoms with E-state index in [1.165, 1.54) is 63.5 Å². The zero-order chi connectivity index (χ0) is 42.4. The topological polar surface area (TPSA) is 98.8 Å². The molecule has 0 spiro atoms. The molecule has 0 aliphatic carbocycles. The highest BCUT2D eigenvalue weighted by molar-refractivity contribution is 6.84. The van der Waals surface area contributed by atoms with Gasteiger partial charge in [0, 0.05) is 0 Å². The molecule has 0 saturated carbocycles. The summed E-state index contributed by atoms with van der Waals surface area (Å²) in [5.74, 6) is 3.08. The van der Waals surface area contributed by atoms with Crippen LogP contribution in [0.1, 0.15) is 97.8 Å². The molecule has 0 unspecified atom stereocenters. The first-order valence-electron chi connectivity index (χ1n) is 21.3. The van der Waals surface area contributed by atoms with Gasteiger partial charge in [-0.15, -0.1) is 0 Å². The van der Waals surface area contributed by atoms with Gasteiger partial charge in [0.05, 0.1) is 38.6 Å². The number of hydrogen-bond donors (Lipinski definition) is 0. The Labute approximate surface area is 354 Å². The van der Waals surface area contributed by atoms with Crippen LogP contribution >= 0.6 is 0 Å². The van der Waals surface area contributed by atoms with Gasteiger partial charge >= 0.3 is 11.9 Å². The van der Waals surface area contributed by atoms with Crippen LogP contribution in [0.3, 0.4) is 0 Å². The van der Waals surface area contributed by atoms with Gasteiger partial charge in [-0.1, -0.05) is 64.2 Å². The summed E-state index contributed by atoms with van der Waals surface area (Å²) in [6.07, 6.45) is 14.3. The Hall–Kier alpha value is -4.59. The average molecular weight is 843 g/mol. The Bertz CT molecular complexity index is 1660. The van der Waals surface area contributed by atoms with Crippen molar-refractivity contribution in [1.82, 2.24) is 0 Å². The Balaban J connectivity index is 0.952. The van der Waals surface area contributed by atoms with E-state index >= 15 is 0 Å². The molecule has 11 heteroatoms. The van der Waals surface area contributed by atoms with Crippen LogP contribution < -0.4 is 28.4 Å². The fourth-order valence-corrected chi connectivity index (χ4v) is 15.9. The van der Waals surface area contributed by atoms with Gasteiger partial charge in [-0.25, -0.2) is 9.59 Å². The number of methoxy groups -OCH3 is 2. The lowest BCUT2D eigenvalue weighted by Crippen LogP contribution is -2.44. The summed E-state index contributed by atoms with van der Waals surface area (Å²) >= 11 is 0. The molecule has 0 heterocycles. The lowest BCUT2D eigenvalue weighted by Gasteiger charge is -2.34. The summed E-state index contributed by atoms with van der Waals surface area (Å²) in [5.41, 5.74) is 0.960. The molecule has 320 valence electrons.